The molecule has 0 radical (unpaired) electrons. The number of benzene rings is 1. The number of rotatable bonds is 5. The Hall–Kier alpha value is -2.80. The SMILES string of the molecule is Cc1occc1-c1nnc(SCC(=O)C=C2N(C)c3ccccc3C2(C)C)o1. The highest BCUT2D eigenvalue weighted by Crippen LogP contribution is 2.46. The summed E-state index contributed by atoms with van der Waals surface area (Å²) in [6.45, 7) is 6.11. The Morgan fingerprint density at radius 1 is 1.25 bits per heavy atom. The summed E-state index contributed by atoms with van der Waals surface area (Å²) in [4.78, 5) is 14.7. The zero-order chi connectivity index (χ0) is 19.9. The van der Waals surface area contributed by atoms with Crippen LogP contribution < -0.4 is 4.90 Å². The van der Waals surface area contributed by atoms with Crippen molar-refractivity contribution in [1.29, 1.82) is 0 Å². The topological polar surface area (TPSA) is 72.4 Å². The summed E-state index contributed by atoms with van der Waals surface area (Å²) in [5, 5.41) is 8.41. The van der Waals surface area contributed by atoms with E-state index in [1.54, 1.807) is 18.4 Å². The first-order valence-corrected chi connectivity index (χ1v) is 9.95. The van der Waals surface area contributed by atoms with Crippen molar-refractivity contribution >= 4 is 23.2 Å². The first-order chi connectivity index (χ1) is 13.4. The van der Waals surface area contributed by atoms with Gasteiger partial charge in [0.25, 0.3) is 11.1 Å². The van der Waals surface area contributed by atoms with Crippen LogP contribution in [0.25, 0.3) is 11.5 Å². The molecule has 0 aliphatic carbocycles. The molecule has 0 bridgehead atoms. The number of aryl methyl sites for hydroxylation is 1. The highest BCUT2D eigenvalue weighted by atomic mass is 32.2. The summed E-state index contributed by atoms with van der Waals surface area (Å²) in [5.74, 6) is 1.35. The molecule has 28 heavy (non-hydrogen) atoms. The van der Waals surface area contributed by atoms with Crippen molar-refractivity contribution < 1.29 is 13.6 Å². The largest absolute Gasteiger partial charge is 0.469 e. The zero-order valence-corrected chi connectivity index (χ0v) is 17.0. The van der Waals surface area contributed by atoms with Crippen LogP contribution in [0.3, 0.4) is 0 Å². The van der Waals surface area contributed by atoms with Crippen LogP contribution in [0.1, 0.15) is 25.2 Å². The van der Waals surface area contributed by atoms with E-state index in [0.29, 0.717) is 16.9 Å². The molecule has 3 heterocycles. The molecule has 0 unspecified atom stereocenters. The number of para-hydroxylation sites is 1. The van der Waals surface area contributed by atoms with Crippen LogP contribution in [-0.2, 0) is 10.2 Å². The van der Waals surface area contributed by atoms with Crippen molar-refractivity contribution in [2.24, 2.45) is 0 Å². The maximum absolute atomic E-state index is 12.6. The molecule has 144 valence electrons. The minimum atomic E-state index is -0.220. The average molecular weight is 395 g/mol. The van der Waals surface area contributed by atoms with E-state index in [1.807, 2.05) is 26.1 Å². The number of aromatic nitrogens is 2. The lowest BCUT2D eigenvalue weighted by Gasteiger charge is -2.23. The number of anilines is 1. The molecule has 0 spiro atoms. The van der Waals surface area contributed by atoms with E-state index in [4.69, 9.17) is 8.83 Å². The van der Waals surface area contributed by atoms with Crippen LogP contribution in [0.2, 0.25) is 0 Å². The smallest absolute Gasteiger partial charge is 0.277 e. The predicted octanol–water partition coefficient (Wildman–Crippen LogP) is 4.61. The number of thioether (sulfide) groups is 1. The highest BCUT2D eigenvalue weighted by Gasteiger charge is 2.38. The molecule has 1 aromatic carbocycles. The Morgan fingerprint density at radius 2 is 2.04 bits per heavy atom. The van der Waals surface area contributed by atoms with Crippen LogP contribution in [0, 0.1) is 6.92 Å². The third kappa shape index (κ3) is 3.16. The lowest BCUT2D eigenvalue weighted by Crippen LogP contribution is -2.24. The van der Waals surface area contributed by atoms with Crippen molar-refractivity contribution in [3.63, 3.8) is 0 Å². The molecule has 1 aliphatic heterocycles. The first kappa shape index (κ1) is 18.6. The maximum Gasteiger partial charge on any atom is 0.277 e. The second-order valence-electron chi connectivity index (χ2n) is 7.25. The van der Waals surface area contributed by atoms with Crippen molar-refractivity contribution in [1.82, 2.24) is 10.2 Å². The number of allylic oxidation sites excluding steroid dienone is 2. The van der Waals surface area contributed by atoms with Gasteiger partial charge in [-0.05, 0) is 24.6 Å². The third-order valence-electron chi connectivity index (χ3n) is 5.07. The number of furan rings is 1. The molecule has 0 saturated carbocycles. The van der Waals surface area contributed by atoms with Gasteiger partial charge in [0.05, 0.1) is 17.6 Å². The van der Waals surface area contributed by atoms with E-state index in [-0.39, 0.29) is 17.0 Å². The van der Waals surface area contributed by atoms with E-state index < -0.39 is 0 Å². The summed E-state index contributed by atoms with van der Waals surface area (Å²) in [7, 11) is 2.00. The number of hydrogen-bond donors (Lipinski definition) is 0. The third-order valence-corrected chi connectivity index (χ3v) is 5.91. The summed E-state index contributed by atoms with van der Waals surface area (Å²) < 4.78 is 10.9. The van der Waals surface area contributed by atoms with Crippen LogP contribution in [0.5, 0.6) is 0 Å². The van der Waals surface area contributed by atoms with Crippen molar-refractivity contribution in [3.8, 4) is 11.5 Å². The minimum Gasteiger partial charge on any atom is -0.469 e. The molecule has 0 atom stereocenters. The molecule has 4 rings (SSSR count). The predicted molar refractivity (Wildman–Crippen MR) is 108 cm³/mol. The van der Waals surface area contributed by atoms with E-state index >= 15 is 0 Å². The van der Waals surface area contributed by atoms with E-state index in [0.717, 1.165) is 16.9 Å². The quantitative estimate of drug-likeness (QED) is 0.461. The van der Waals surface area contributed by atoms with Crippen LogP contribution in [0.15, 0.2) is 62.4 Å². The van der Waals surface area contributed by atoms with Gasteiger partial charge in [0.2, 0.25) is 0 Å². The molecular weight excluding hydrogens is 374 g/mol. The second-order valence-corrected chi connectivity index (χ2v) is 8.18. The molecule has 3 aromatic rings. The van der Waals surface area contributed by atoms with Crippen LogP contribution in [-0.4, -0.2) is 28.8 Å². The van der Waals surface area contributed by atoms with Gasteiger partial charge in [-0.3, -0.25) is 4.79 Å². The summed E-state index contributed by atoms with van der Waals surface area (Å²) in [6, 6.07) is 10.0. The molecule has 0 fully saturated rings. The van der Waals surface area contributed by atoms with E-state index in [2.05, 4.69) is 41.1 Å². The summed E-state index contributed by atoms with van der Waals surface area (Å²) >= 11 is 1.24. The molecular formula is C21H21N3O3S. The van der Waals surface area contributed by atoms with Gasteiger partial charge in [-0.1, -0.05) is 43.8 Å². The number of carbonyl (C=O) groups excluding carboxylic acids is 1. The van der Waals surface area contributed by atoms with Gasteiger partial charge >= 0.3 is 0 Å². The second kappa shape index (κ2) is 6.98. The fourth-order valence-electron chi connectivity index (χ4n) is 3.57. The fourth-order valence-corrected chi connectivity index (χ4v) is 4.16. The molecule has 6 nitrogen and oxygen atoms in total. The Balaban J connectivity index is 1.47. The molecule has 1 aliphatic rings. The highest BCUT2D eigenvalue weighted by molar-refractivity contribution is 7.99. The monoisotopic (exact) mass is 395 g/mol. The molecule has 0 saturated heterocycles. The maximum atomic E-state index is 12.6. The van der Waals surface area contributed by atoms with Gasteiger partial charge in [0.15, 0.2) is 5.78 Å². The van der Waals surface area contributed by atoms with E-state index in [9.17, 15) is 4.79 Å². The van der Waals surface area contributed by atoms with Gasteiger partial charge in [0, 0.05) is 29.9 Å². The number of carbonyl (C=O) groups is 1. The minimum absolute atomic E-state index is 0.00646. The van der Waals surface area contributed by atoms with Gasteiger partial charge in [-0.15, -0.1) is 10.2 Å². The summed E-state index contributed by atoms with van der Waals surface area (Å²) in [6.07, 6.45) is 3.31. The van der Waals surface area contributed by atoms with Crippen LogP contribution in [0.4, 0.5) is 5.69 Å². The molecule has 0 N–H and O–H groups in total. The van der Waals surface area contributed by atoms with Gasteiger partial charge in [-0.2, -0.15) is 0 Å². The number of ketones is 1. The van der Waals surface area contributed by atoms with Crippen molar-refractivity contribution in [2.75, 3.05) is 17.7 Å². The standard InChI is InChI=1S/C21H21N3O3S/c1-13-15(9-10-26-13)19-22-23-20(27-19)28-12-14(25)11-18-21(2,3)16-7-5-6-8-17(16)24(18)4/h5-11H,12H2,1-4H3. The van der Waals surface area contributed by atoms with Crippen molar-refractivity contribution in [3.05, 3.63) is 59.7 Å². The van der Waals surface area contributed by atoms with Crippen molar-refractivity contribution in [2.45, 2.75) is 31.4 Å². The normalized spacial score (nSPS) is 16.6. The summed E-state index contributed by atoms with van der Waals surface area (Å²) in [5.41, 5.74) is 3.89. The Labute approximate surface area is 167 Å². The van der Waals surface area contributed by atoms with Gasteiger partial charge in [0.1, 0.15) is 5.76 Å². The van der Waals surface area contributed by atoms with E-state index in [1.165, 1.54) is 17.3 Å². The van der Waals surface area contributed by atoms with Crippen LogP contribution >= 0.6 is 11.8 Å². The number of likely N-dealkylation sites (N-methyl/N-ethyl adjacent to an activating group) is 1. The average Bonchev–Trinajstić information content (AvgIpc) is 3.35. The number of fused-ring (bicyclic) bond motifs is 1. The number of hydrogen-bond acceptors (Lipinski definition) is 7. The molecule has 0 amide bonds. The zero-order valence-electron chi connectivity index (χ0n) is 16.2. The lowest BCUT2D eigenvalue weighted by molar-refractivity contribution is -0.112. The first-order valence-electron chi connectivity index (χ1n) is 8.97. The Bertz CT molecular complexity index is 1060. The Morgan fingerprint density at radius 3 is 2.75 bits per heavy atom. The van der Waals surface area contributed by atoms with Gasteiger partial charge < -0.3 is 13.7 Å². The Kier molecular flexibility index (Phi) is 4.63. The van der Waals surface area contributed by atoms with Gasteiger partial charge in [-0.25, -0.2) is 0 Å². The molecule has 7 heteroatoms. The lowest BCUT2D eigenvalue weighted by atomic mass is 9.83. The number of nitrogens with zero attached hydrogens (tertiary/aromatic N) is 3. The fraction of sp³-hybridized carbons (Fsp3) is 0.286. The molecule has 2 aromatic heterocycles.